The summed E-state index contributed by atoms with van der Waals surface area (Å²) in [5.41, 5.74) is 1.49. The summed E-state index contributed by atoms with van der Waals surface area (Å²) in [4.78, 5) is 0. The third-order valence-electron chi connectivity index (χ3n) is 4.29. The summed E-state index contributed by atoms with van der Waals surface area (Å²) in [6, 6.07) is 8.83. The molecule has 0 spiro atoms. The van der Waals surface area contributed by atoms with Gasteiger partial charge in [-0.25, -0.2) is 0 Å². The van der Waals surface area contributed by atoms with E-state index in [1.807, 2.05) is 0 Å². The standard InChI is InChI=1S/C17H26BrN/c1-2-10-19-13-16-8-4-3-7-15(16)11-14-6-5-9-17(18)12-14/h5-6,9,12,15-16,19H,2-4,7-8,10-11,13H2,1H3. The third-order valence-corrected chi connectivity index (χ3v) is 4.78. The first-order chi connectivity index (χ1) is 9.29. The zero-order valence-electron chi connectivity index (χ0n) is 12.0. The van der Waals surface area contributed by atoms with E-state index in [1.54, 1.807) is 0 Å². The van der Waals surface area contributed by atoms with E-state index in [0.717, 1.165) is 11.8 Å². The van der Waals surface area contributed by atoms with Gasteiger partial charge in [-0.2, -0.15) is 0 Å². The van der Waals surface area contributed by atoms with Gasteiger partial charge < -0.3 is 5.32 Å². The predicted octanol–water partition coefficient (Wildman–Crippen LogP) is 4.80. The molecule has 0 bridgehead atoms. The molecular formula is C17H26BrN. The molecular weight excluding hydrogens is 298 g/mol. The van der Waals surface area contributed by atoms with Crippen LogP contribution in [0.1, 0.15) is 44.6 Å². The number of halogens is 1. The van der Waals surface area contributed by atoms with E-state index in [0.29, 0.717) is 0 Å². The van der Waals surface area contributed by atoms with E-state index in [-0.39, 0.29) is 0 Å². The van der Waals surface area contributed by atoms with Crippen molar-refractivity contribution in [2.45, 2.75) is 45.4 Å². The number of hydrogen-bond donors (Lipinski definition) is 1. The maximum atomic E-state index is 3.62. The minimum Gasteiger partial charge on any atom is -0.316 e. The summed E-state index contributed by atoms with van der Waals surface area (Å²) in [7, 11) is 0. The Morgan fingerprint density at radius 2 is 2.00 bits per heavy atom. The van der Waals surface area contributed by atoms with Gasteiger partial charge in [-0.3, -0.25) is 0 Å². The quantitative estimate of drug-likeness (QED) is 0.741. The predicted molar refractivity (Wildman–Crippen MR) is 86.5 cm³/mol. The van der Waals surface area contributed by atoms with Crippen molar-refractivity contribution >= 4 is 15.9 Å². The van der Waals surface area contributed by atoms with E-state index < -0.39 is 0 Å². The molecule has 106 valence electrons. The molecule has 19 heavy (non-hydrogen) atoms. The number of hydrogen-bond acceptors (Lipinski definition) is 1. The van der Waals surface area contributed by atoms with Crippen LogP contribution in [0, 0.1) is 11.8 Å². The van der Waals surface area contributed by atoms with Crippen LogP contribution in [0.25, 0.3) is 0 Å². The second kappa shape index (κ2) is 8.06. The molecule has 0 aliphatic heterocycles. The molecule has 0 saturated heterocycles. The number of nitrogens with one attached hydrogen (secondary N) is 1. The summed E-state index contributed by atoms with van der Waals surface area (Å²) in [5.74, 6) is 1.74. The molecule has 0 aromatic heterocycles. The van der Waals surface area contributed by atoms with Crippen molar-refractivity contribution in [2.75, 3.05) is 13.1 Å². The topological polar surface area (TPSA) is 12.0 Å². The zero-order valence-corrected chi connectivity index (χ0v) is 13.6. The lowest BCUT2D eigenvalue weighted by Crippen LogP contribution is -2.32. The Balaban J connectivity index is 1.91. The lowest BCUT2D eigenvalue weighted by molar-refractivity contribution is 0.229. The summed E-state index contributed by atoms with van der Waals surface area (Å²) in [6.07, 6.45) is 8.15. The highest BCUT2D eigenvalue weighted by Gasteiger charge is 2.24. The Morgan fingerprint density at radius 3 is 2.74 bits per heavy atom. The van der Waals surface area contributed by atoms with E-state index >= 15 is 0 Å². The maximum absolute atomic E-state index is 3.62. The second-order valence-electron chi connectivity index (χ2n) is 5.84. The highest BCUT2D eigenvalue weighted by atomic mass is 79.9. The highest BCUT2D eigenvalue weighted by Crippen LogP contribution is 2.32. The lowest BCUT2D eigenvalue weighted by Gasteiger charge is -2.32. The van der Waals surface area contributed by atoms with Gasteiger partial charge >= 0.3 is 0 Å². The molecule has 2 heteroatoms. The molecule has 2 rings (SSSR count). The maximum Gasteiger partial charge on any atom is 0.0177 e. The van der Waals surface area contributed by atoms with E-state index in [2.05, 4.69) is 52.4 Å². The molecule has 1 aliphatic carbocycles. The number of rotatable bonds is 6. The van der Waals surface area contributed by atoms with Gasteiger partial charge in [-0.1, -0.05) is 47.8 Å². The van der Waals surface area contributed by atoms with Crippen LogP contribution in [-0.2, 0) is 6.42 Å². The Bertz CT molecular complexity index is 377. The number of benzene rings is 1. The Morgan fingerprint density at radius 1 is 1.21 bits per heavy atom. The van der Waals surface area contributed by atoms with Crippen LogP contribution in [0.2, 0.25) is 0 Å². The summed E-state index contributed by atoms with van der Waals surface area (Å²) < 4.78 is 1.21. The van der Waals surface area contributed by atoms with Gasteiger partial charge in [0, 0.05) is 4.47 Å². The highest BCUT2D eigenvalue weighted by molar-refractivity contribution is 9.10. The van der Waals surface area contributed by atoms with Gasteiger partial charge in [0.05, 0.1) is 0 Å². The van der Waals surface area contributed by atoms with Crippen molar-refractivity contribution in [3.63, 3.8) is 0 Å². The van der Waals surface area contributed by atoms with Crippen LogP contribution in [-0.4, -0.2) is 13.1 Å². The first-order valence-corrected chi connectivity index (χ1v) is 8.54. The fourth-order valence-corrected chi connectivity index (χ4v) is 3.70. The first kappa shape index (κ1) is 15.1. The Hall–Kier alpha value is -0.340. The molecule has 1 N–H and O–H groups in total. The van der Waals surface area contributed by atoms with Gasteiger partial charge in [-0.15, -0.1) is 0 Å². The summed E-state index contributed by atoms with van der Waals surface area (Å²) in [5, 5.41) is 3.62. The van der Waals surface area contributed by atoms with Gasteiger partial charge in [-0.05, 0) is 68.3 Å². The van der Waals surface area contributed by atoms with Crippen LogP contribution < -0.4 is 5.32 Å². The fourth-order valence-electron chi connectivity index (χ4n) is 3.25. The Labute approximate surface area is 126 Å². The van der Waals surface area contributed by atoms with Crippen molar-refractivity contribution in [2.24, 2.45) is 11.8 Å². The SMILES string of the molecule is CCCNCC1CCCCC1Cc1cccc(Br)c1. The molecule has 0 heterocycles. The zero-order chi connectivity index (χ0) is 13.5. The summed E-state index contributed by atoms with van der Waals surface area (Å²) in [6.45, 7) is 4.62. The van der Waals surface area contributed by atoms with Crippen LogP contribution in [0.15, 0.2) is 28.7 Å². The van der Waals surface area contributed by atoms with E-state index in [9.17, 15) is 0 Å². The fraction of sp³-hybridized carbons (Fsp3) is 0.647. The minimum atomic E-state index is 0.868. The molecule has 2 unspecified atom stereocenters. The van der Waals surface area contributed by atoms with Crippen molar-refractivity contribution < 1.29 is 0 Å². The third kappa shape index (κ3) is 4.92. The first-order valence-electron chi connectivity index (χ1n) is 7.74. The molecule has 2 atom stereocenters. The molecule has 1 fully saturated rings. The lowest BCUT2D eigenvalue weighted by atomic mass is 9.76. The van der Waals surface area contributed by atoms with Gasteiger partial charge in [0.1, 0.15) is 0 Å². The van der Waals surface area contributed by atoms with Crippen molar-refractivity contribution in [3.05, 3.63) is 34.3 Å². The normalized spacial score (nSPS) is 23.5. The van der Waals surface area contributed by atoms with Crippen molar-refractivity contribution in [3.8, 4) is 0 Å². The average molecular weight is 324 g/mol. The van der Waals surface area contributed by atoms with Crippen LogP contribution >= 0.6 is 15.9 Å². The molecule has 0 amide bonds. The Kier molecular flexibility index (Phi) is 6.39. The molecule has 0 radical (unpaired) electrons. The minimum absolute atomic E-state index is 0.868. The van der Waals surface area contributed by atoms with Crippen LogP contribution in [0.5, 0.6) is 0 Å². The smallest absolute Gasteiger partial charge is 0.0177 e. The average Bonchev–Trinajstić information content (AvgIpc) is 2.41. The molecule has 1 nitrogen and oxygen atoms in total. The largest absolute Gasteiger partial charge is 0.316 e. The van der Waals surface area contributed by atoms with E-state index in [4.69, 9.17) is 0 Å². The van der Waals surface area contributed by atoms with E-state index in [1.165, 1.54) is 61.7 Å². The molecule has 1 aliphatic rings. The molecule has 1 aromatic rings. The molecule has 1 saturated carbocycles. The van der Waals surface area contributed by atoms with Crippen molar-refractivity contribution in [1.82, 2.24) is 5.32 Å². The monoisotopic (exact) mass is 323 g/mol. The van der Waals surface area contributed by atoms with Gasteiger partial charge in [0.25, 0.3) is 0 Å². The summed E-state index contributed by atoms with van der Waals surface area (Å²) >= 11 is 3.58. The molecule has 1 aromatic carbocycles. The van der Waals surface area contributed by atoms with Crippen LogP contribution in [0.4, 0.5) is 0 Å². The van der Waals surface area contributed by atoms with Gasteiger partial charge in [0.15, 0.2) is 0 Å². The van der Waals surface area contributed by atoms with Crippen molar-refractivity contribution in [1.29, 1.82) is 0 Å². The second-order valence-corrected chi connectivity index (χ2v) is 6.76. The van der Waals surface area contributed by atoms with Gasteiger partial charge in [0.2, 0.25) is 0 Å². The van der Waals surface area contributed by atoms with Crippen LogP contribution in [0.3, 0.4) is 0 Å².